The van der Waals surface area contributed by atoms with E-state index in [-0.39, 0.29) is 37.8 Å². The van der Waals surface area contributed by atoms with E-state index in [9.17, 15) is 14.3 Å². The third-order valence-electron chi connectivity index (χ3n) is 4.26. The molecule has 0 bridgehead atoms. The van der Waals surface area contributed by atoms with E-state index in [4.69, 9.17) is 18.9 Å². The Morgan fingerprint density at radius 3 is 2.67 bits per heavy atom. The van der Waals surface area contributed by atoms with Crippen LogP contribution in [0.4, 0.5) is 4.39 Å². The van der Waals surface area contributed by atoms with Gasteiger partial charge in [-0.25, -0.2) is 9.18 Å². The number of hydrogen-bond donors (Lipinski definition) is 1. The average molecular weight is 460 g/mol. The molecule has 178 valence electrons. The van der Waals surface area contributed by atoms with Gasteiger partial charge in [0.05, 0.1) is 13.7 Å². The average Bonchev–Trinajstić information content (AvgIpc) is 3.08. The van der Waals surface area contributed by atoms with Gasteiger partial charge in [0.15, 0.2) is 5.79 Å². The van der Waals surface area contributed by atoms with Crippen LogP contribution in [0.15, 0.2) is 60.7 Å². The SMILES string of the molecule is COC(=O)COC[C@@H]1OC(C)(C)O[C@@H]1C=CC=CC#CC=C[C@H](O)COc1ccc(F)cc1. The smallest absolute Gasteiger partial charge is 0.331 e. The second kappa shape index (κ2) is 13.6. The van der Waals surface area contributed by atoms with Gasteiger partial charge in [0.1, 0.15) is 43.1 Å². The molecule has 33 heavy (non-hydrogen) atoms. The van der Waals surface area contributed by atoms with Gasteiger partial charge in [-0.05, 0) is 56.3 Å². The van der Waals surface area contributed by atoms with Gasteiger partial charge in [0.25, 0.3) is 0 Å². The summed E-state index contributed by atoms with van der Waals surface area (Å²) in [6.45, 7) is 3.69. The number of rotatable bonds is 10. The number of carbonyl (C=O) groups is 1. The number of aliphatic hydroxyl groups is 1. The van der Waals surface area contributed by atoms with Crippen LogP contribution >= 0.6 is 0 Å². The van der Waals surface area contributed by atoms with Crippen molar-refractivity contribution >= 4 is 5.97 Å². The summed E-state index contributed by atoms with van der Waals surface area (Å²) < 4.78 is 39.7. The first-order valence-corrected chi connectivity index (χ1v) is 10.4. The lowest BCUT2D eigenvalue weighted by molar-refractivity contribution is -0.154. The Hall–Kier alpha value is -2.96. The van der Waals surface area contributed by atoms with Crippen LogP contribution in [-0.4, -0.2) is 62.1 Å². The summed E-state index contributed by atoms with van der Waals surface area (Å²) >= 11 is 0. The Balaban J connectivity index is 1.74. The highest BCUT2D eigenvalue weighted by molar-refractivity contribution is 5.70. The molecule has 7 nitrogen and oxygen atoms in total. The summed E-state index contributed by atoms with van der Waals surface area (Å²) in [4.78, 5) is 11.2. The predicted molar refractivity (Wildman–Crippen MR) is 120 cm³/mol. The van der Waals surface area contributed by atoms with E-state index < -0.39 is 17.9 Å². The van der Waals surface area contributed by atoms with Crippen LogP contribution in [0.2, 0.25) is 0 Å². The first-order chi connectivity index (χ1) is 15.8. The van der Waals surface area contributed by atoms with E-state index >= 15 is 0 Å². The molecule has 1 heterocycles. The van der Waals surface area contributed by atoms with Crippen LogP contribution in [0.3, 0.4) is 0 Å². The molecule has 1 aromatic carbocycles. The van der Waals surface area contributed by atoms with Crippen LogP contribution in [0, 0.1) is 17.7 Å². The van der Waals surface area contributed by atoms with Gasteiger partial charge in [-0.2, -0.15) is 0 Å². The van der Waals surface area contributed by atoms with Gasteiger partial charge in [-0.1, -0.05) is 30.1 Å². The zero-order chi connectivity index (χ0) is 24.1. The molecule has 1 saturated heterocycles. The van der Waals surface area contributed by atoms with E-state index in [1.165, 1.54) is 43.5 Å². The molecular formula is C25H29FO7. The number of aliphatic hydroxyl groups excluding tert-OH is 1. The van der Waals surface area contributed by atoms with E-state index in [0.717, 1.165) is 0 Å². The maximum absolute atomic E-state index is 12.8. The van der Waals surface area contributed by atoms with E-state index in [1.54, 1.807) is 32.1 Å². The molecule has 3 atom stereocenters. The van der Waals surface area contributed by atoms with E-state index in [1.807, 2.05) is 6.08 Å². The minimum atomic E-state index is -0.838. The number of carbonyl (C=O) groups excluding carboxylic acids is 1. The number of halogens is 1. The molecule has 0 amide bonds. The minimum Gasteiger partial charge on any atom is -0.491 e. The van der Waals surface area contributed by atoms with Crippen molar-refractivity contribution in [2.75, 3.05) is 26.9 Å². The van der Waals surface area contributed by atoms with Crippen molar-refractivity contribution in [1.82, 2.24) is 0 Å². The molecule has 0 saturated carbocycles. The molecule has 1 N–H and O–H groups in total. The second-order valence-corrected chi connectivity index (χ2v) is 7.45. The standard InChI is InChI=1S/C25H29FO7/c1-25(2)32-22(23(33-25)17-30-18-24(28)29-3)11-9-7-5-4-6-8-10-20(27)16-31-21-14-12-19(26)13-15-21/h5,7-15,20,22-23,27H,16-18H2,1-3H3/t20-,22+,23-/m0/s1. The summed E-state index contributed by atoms with van der Waals surface area (Å²) in [5, 5.41) is 9.86. The summed E-state index contributed by atoms with van der Waals surface area (Å²) in [7, 11) is 1.30. The topological polar surface area (TPSA) is 83.5 Å². The third kappa shape index (κ3) is 10.5. The van der Waals surface area contributed by atoms with Crippen LogP contribution < -0.4 is 4.74 Å². The molecule has 1 aliphatic rings. The number of benzene rings is 1. The first kappa shape index (κ1) is 26.3. The molecule has 0 spiro atoms. The monoisotopic (exact) mass is 460 g/mol. The van der Waals surface area contributed by atoms with Crippen molar-refractivity contribution in [2.24, 2.45) is 0 Å². The lowest BCUT2D eigenvalue weighted by atomic mass is 10.2. The Kier molecular flexibility index (Phi) is 10.8. The van der Waals surface area contributed by atoms with Crippen LogP contribution in [0.5, 0.6) is 5.75 Å². The molecule has 0 unspecified atom stereocenters. The van der Waals surface area contributed by atoms with Crippen LogP contribution in [-0.2, 0) is 23.7 Å². The van der Waals surface area contributed by atoms with Gasteiger partial charge in [-0.3, -0.25) is 0 Å². The Morgan fingerprint density at radius 1 is 1.21 bits per heavy atom. The highest BCUT2D eigenvalue weighted by Crippen LogP contribution is 2.29. The highest BCUT2D eigenvalue weighted by Gasteiger charge is 2.39. The highest BCUT2D eigenvalue weighted by atomic mass is 19.1. The number of methoxy groups -OCH3 is 1. The zero-order valence-electron chi connectivity index (χ0n) is 18.9. The summed E-state index contributed by atoms with van der Waals surface area (Å²) in [5.74, 6) is 4.51. The Morgan fingerprint density at radius 2 is 1.94 bits per heavy atom. The fourth-order valence-corrected chi connectivity index (χ4v) is 2.77. The van der Waals surface area contributed by atoms with Crippen molar-refractivity contribution in [2.45, 2.75) is 37.9 Å². The zero-order valence-corrected chi connectivity index (χ0v) is 18.9. The predicted octanol–water partition coefficient (Wildman–Crippen LogP) is 2.95. The normalized spacial score (nSPS) is 20.8. The fourth-order valence-electron chi connectivity index (χ4n) is 2.77. The second-order valence-electron chi connectivity index (χ2n) is 7.45. The van der Waals surface area contributed by atoms with Crippen molar-refractivity contribution in [3.63, 3.8) is 0 Å². The summed E-state index contributed by atoms with van der Waals surface area (Å²) in [6.07, 6.45) is 8.49. The van der Waals surface area contributed by atoms with Gasteiger partial charge in [-0.15, -0.1) is 0 Å². The minimum absolute atomic E-state index is 0.0344. The maximum atomic E-state index is 12.8. The molecule has 0 aromatic heterocycles. The van der Waals surface area contributed by atoms with Crippen molar-refractivity contribution in [1.29, 1.82) is 0 Å². The number of hydrogen-bond acceptors (Lipinski definition) is 7. The van der Waals surface area contributed by atoms with E-state index in [2.05, 4.69) is 16.6 Å². The van der Waals surface area contributed by atoms with Gasteiger partial charge in [0, 0.05) is 0 Å². The molecule has 0 radical (unpaired) electrons. The molecule has 1 aliphatic heterocycles. The number of ether oxygens (including phenoxy) is 5. The van der Waals surface area contributed by atoms with Crippen molar-refractivity contribution in [3.05, 3.63) is 66.5 Å². The first-order valence-electron chi connectivity index (χ1n) is 10.4. The Labute approximate surface area is 193 Å². The summed E-state index contributed by atoms with van der Waals surface area (Å²) in [6, 6.07) is 5.56. The van der Waals surface area contributed by atoms with Crippen LogP contribution in [0.1, 0.15) is 13.8 Å². The number of allylic oxidation sites excluding steroid dienone is 4. The van der Waals surface area contributed by atoms with E-state index in [0.29, 0.717) is 5.75 Å². The fraction of sp³-hybridized carbons (Fsp3) is 0.400. The molecule has 0 aliphatic carbocycles. The lowest BCUT2D eigenvalue weighted by Gasteiger charge is -2.16. The Bertz CT molecular complexity index is 894. The summed E-state index contributed by atoms with van der Waals surface area (Å²) in [5.41, 5.74) is 0. The molecule has 1 aromatic rings. The third-order valence-corrected chi connectivity index (χ3v) is 4.26. The molecule has 1 fully saturated rings. The molecule has 8 heteroatoms. The quantitative estimate of drug-likeness (QED) is 0.327. The van der Waals surface area contributed by atoms with Gasteiger partial charge in [0.2, 0.25) is 0 Å². The molecule has 2 rings (SSSR count). The molecular weight excluding hydrogens is 431 g/mol. The van der Waals surface area contributed by atoms with Gasteiger partial charge < -0.3 is 28.8 Å². The van der Waals surface area contributed by atoms with Crippen molar-refractivity contribution < 1.29 is 38.0 Å². The number of esters is 1. The van der Waals surface area contributed by atoms with Crippen molar-refractivity contribution in [3.8, 4) is 17.6 Å². The maximum Gasteiger partial charge on any atom is 0.331 e. The largest absolute Gasteiger partial charge is 0.491 e. The lowest BCUT2D eigenvalue weighted by Crippen LogP contribution is -2.28. The van der Waals surface area contributed by atoms with Crippen LogP contribution in [0.25, 0.3) is 0 Å². The van der Waals surface area contributed by atoms with Gasteiger partial charge >= 0.3 is 5.97 Å².